The second-order valence-corrected chi connectivity index (χ2v) is 3.93. The predicted octanol–water partition coefficient (Wildman–Crippen LogP) is 2.11. The summed E-state index contributed by atoms with van der Waals surface area (Å²) in [5.41, 5.74) is -0.149. The standard InChI is InChI=1S/C13H15ClO6/c1-5-20-13(16)11(15)9-10(14)7(17-2)6-8(18-3)12(9)19-4/h6H,5H2,1-4H3. The summed E-state index contributed by atoms with van der Waals surface area (Å²) < 4.78 is 19.9. The lowest BCUT2D eigenvalue weighted by atomic mass is 10.1. The highest BCUT2D eigenvalue weighted by Crippen LogP contribution is 2.42. The van der Waals surface area contributed by atoms with Crippen molar-refractivity contribution in [1.82, 2.24) is 0 Å². The van der Waals surface area contributed by atoms with Crippen molar-refractivity contribution in [3.05, 3.63) is 16.7 Å². The molecule has 0 saturated heterocycles. The van der Waals surface area contributed by atoms with Crippen molar-refractivity contribution in [3.63, 3.8) is 0 Å². The first-order valence-electron chi connectivity index (χ1n) is 5.71. The van der Waals surface area contributed by atoms with E-state index in [4.69, 9.17) is 25.8 Å². The highest BCUT2D eigenvalue weighted by Gasteiger charge is 2.29. The molecule has 0 radical (unpaired) electrons. The van der Waals surface area contributed by atoms with Gasteiger partial charge in [-0.1, -0.05) is 11.6 Å². The molecule has 0 fully saturated rings. The normalized spacial score (nSPS) is 9.85. The Kier molecular flexibility index (Phi) is 5.64. The molecule has 0 aromatic heterocycles. The number of halogens is 1. The van der Waals surface area contributed by atoms with E-state index in [1.54, 1.807) is 6.92 Å². The van der Waals surface area contributed by atoms with Crippen LogP contribution < -0.4 is 14.2 Å². The van der Waals surface area contributed by atoms with Gasteiger partial charge in [0.2, 0.25) is 0 Å². The van der Waals surface area contributed by atoms with Gasteiger partial charge in [0.1, 0.15) is 5.75 Å². The van der Waals surface area contributed by atoms with E-state index in [2.05, 4.69) is 4.74 Å². The Morgan fingerprint density at radius 1 is 1.10 bits per heavy atom. The number of esters is 1. The molecule has 0 spiro atoms. The molecule has 0 atom stereocenters. The Bertz CT molecular complexity index is 526. The number of benzene rings is 1. The third-order valence-electron chi connectivity index (χ3n) is 2.48. The van der Waals surface area contributed by atoms with Gasteiger partial charge in [-0.15, -0.1) is 0 Å². The SMILES string of the molecule is CCOC(=O)C(=O)c1c(Cl)c(OC)cc(OC)c1OC. The van der Waals surface area contributed by atoms with Crippen LogP contribution in [-0.2, 0) is 9.53 Å². The van der Waals surface area contributed by atoms with Crippen molar-refractivity contribution in [2.75, 3.05) is 27.9 Å². The summed E-state index contributed by atoms with van der Waals surface area (Å²) in [4.78, 5) is 23.7. The topological polar surface area (TPSA) is 71.1 Å². The van der Waals surface area contributed by atoms with E-state index in [1.165, 1.54) is 27.4 Å². The van der Waals surface area contributed by atoms with E-state index < -0.39 is 11.8 Å². The third kappa shape index (κ3) is 2.96. The molecule has 0 unspecified atom stereocenters. The van der Waals surface area contributed by atoms with Crippen molar-refractivity contribution >= 4 is 23.4 Å². The van der Waals surface area contributed by atoms with E-state index in [0.29, 0.717) is 0 Å². The second-order valence-electron chi connectivity index (χ2n) is 3.55. The summed E-state index contributed by atoms with van der Waals surface area (Å²) in [6.45, 7) is 1.67. The first-order chi connectivity index (χ1) is 9.51. The van der Waals surface area contributed by atoms with Gasteiger partial charge in [0, 0.05) is 6.07 Å². The Hall–Kier alpha value is -1.95. The molecule has 1 rings (SSSR count). The van der Waals surface area contributed by atoms with Crippen LogP contribution >= 0.6 is 11.6 Å². The first-order valence-corrected chi connectivity index (χ1v) is 6.09. The molecule has 0 bridgehead atoms. The Morgan fingerprint density at radius 3 is 2.15 bits per heavy atom. The minimum atomic E-state index is -1.02. The highest BCUT2D eigenvalue weighted by molar-refractivity contribution is 6.46. The molecule has 0 heterocycles. The van der Waals surface area contributed by atoms with E-state index in [9.17, 15) is 9.59 Å². The van der Waals surface area contributed by atoms with Crippen LogP contribution in [0.4, 0.5) is 0 Å². The van der Waals surface area contributed by atoms with Gasteiger partial charge >= 0.3 is 5.97 Å². The zero-order valence-corrected chi connectivity index (χ0v) is 12.4. The molecule has 0 saturated carbocycles. The van der Waals surface area contributed by atoms with E-state index in [0.717, 1.165) is 0 Å². The molecule has 110 valence electrons. The number of carbonyl (C=O) groups excluding carboxylic acids is 2. The average Bonchev–Trinajstić information content (AvgIpc) is 2.46. The van der Waals surface area contributed by atoms with Crippen LogP contribution in [0.2, 0.25) is 5.02 Å². The molecule has 0 amide bonds. The molecular weight excluding hydrogens is 288 g/mol. The van der Waals surface area contributed by atoms with E-state index in [-0.39, 0.29) is 34.4 Å². The minimum absolute atomic E-state index is 0.0387. The van der Waals surface area contributed by atoms with Crippen LogP contribution in [0, 0.1) is 0 Å². The number of ketones is 1. The maximum Gasteiger partial charge on any atom is 0.379 e. The van der Waals surface area contributed by atoms with Gasteiger partial charge < -0.3 is 18.9 Å². The lowest BCUT2D eigenvalue weighted by Crippen LogP contribution is -2.19. The van der Waals surface area contributed by atoms with Gasteiger partial charge in [-0.3, -0.25) is 4.79 Å². The van der Waals surface area contributed by atoms with Gasteiger partial charge in [0.15, 0.2) is 11.5 Å². The van der Waals surface area contributed by atoms with Crippen LogP contribution in [0.25, 0.3) is 0 Å². The largest absolute Gasteiger partial charge is 0.495 e. The molecule has 1 aromatic carbocycles. The van der Waals surface area contributed by atoms with E-state index in [1.807, 2.05) is 0 Å². The Morgan fingerprint density at radius 2 is 1.70 bits per heavy atom. The number of carbonyl (C=O) groups is 2. The summed E-state index contributed by atoms with van der Waals surface area (Å²) >= 11 is 6.07. The van der Waals surface area contributed by atoms with E-state index >= 15 is 0 Å². The molecule has 0 N–H and O–H groups in total. The fourth-order valence-corrected chi connectivity index (χ4v) is 1.90. The van der Waals surface area contributed by atoms with Crippen LogP contribution in [0.1, 0.15) is 17.3 Å². The maximum atomic E-state index is 12.1. The third-order valence-corrected chi connectivity index (χ3v) is 2.86. The lowest BCUT2D eigenvalue weighted by Gasteiger charge is -2.15. The molecule has 0 aliphatic rings. The van der Waals surface area contributed by atoms with Crippen molar-refractivity contribution in [2.45, 2.75) is 6.92 Å². The number of Topliss-reactive ketones (excluding diaryl/α,β-unsaturated/α-hetero) is 1. The Labute approximate surface area is 121 Å². The second kappa shape index (κ2) is 7.00. The van der Waals surface area contributed by atoms with Gasteiger partial charge in [-0.2, -0.15) is 0 Å². The summed E-state index contributed by atoms with van der Waals surface area (Å²) in [6, 6.07) is 1.46. The van der Waals surface area contributed by atoms with Crippen molar-refractivity contribution in [3.8, 4) is 17.2 Å². The molecule has 0 aliphatic heterocycles. The highest BCUT2D eigenvalue weighted by atomic mass is 35.5. The number of hydrogen-bond donors (Lipinski definition) is 0. The molecule has 0 aliphatic carbocycles. The Balaban J connectivity index is 3.49. The smallest absolute Gasteiger partial charge is 0.379 e. The minimum Gasteiger partial charge on any atom is -0.495 e. The van der Waals surface area contributed by atoms with Crippen LogP contribution in [0.15, 0.2) is 6.07 Å². The quantitative estimate of drug-likeness (QED) is 0.455. The van der Waals surface area contributed by atoms with Gasteiger partial charge in [0.05, 0.1) is 38.5 Å². The van der Waals surface area contributed by atoms with Gasteiger partial charge in [-0.05, 0) is 6.92 Å². The molecule has 20 heavy (non-hydrogen) atoms. The molecular formula is C13H15ClO6. The van der Waals surface area contributed by atoms with Gasteiger partial charge in [0.25, 0.3) is 5.78 Å². The first kappa shape index (κ1) is 16.1. The zero-order valence-electron chi connectivity index (χ0n) is 11.6. The van der Waals surface area contributed by atoms with Crippen molar-refractivity contribution in [1.29, 1.82) is 0 Å². The summed E-state index contributed by atoms with van der Waals surface area (Å²) in [5, 5.41) is -0.0387. The number of rotatable bonds is 6. The number of hydrogen-bond acceptors (Lipinski definition) is 6. The van der Waals surface area contributed by atoms with Crippen LogP contribution in [0.3, 0.4) is 0 Å². The average molecular weight is 303 g/mol. The van der Waals surface area contributed by atoms with Crippen LogP contribution in [0.5, 0.6) is 17.2 Å². The maximum absolute atomic E-state index is 12.1. The molecule has 6 nitrogen and oxygen atoms in total. The number of ether oxygens (including phenoxy) is 4. The monoisotopic (exact) mass is 302 g/mol. The van der Waals surface area contributed by atoms with Crippen molar-refractivity contribution < 1.29 is 28.5 Å². The molecule has 7 heteroatoms. The summed E-state index contributed by atoms with van der Waals surface area (Å²) in [5.74, 6) is -1.48. The summed E-state index contributed by atoms with van der Waals surface area (Å²) in [6.07, 6.45) is 0. The molecule has 1 aromatic rings. The lowest BCUT2D eigenvalue weighted by molar-refractivity contribution is -0.137. The van der Waals surface area contributed by atoms with Crippen LogP contribution in [-0.4, -0.2) is 39.7 Å². The predicted molar refractivity (Wildman–Crippen MR) is 72.1 cm³/mol. The fraction of sp³-hybridized carbons (Fsp3) is 0.385. The zero-order chi connectivity index (χ0) is 15.3. The van der Waals surface area contributed by atoms with Gasteiger partial charge in [-0.25, -0.2) is 4.79 Å². The summed E-state index contributed by atoms with van der Waals surface area (Å²) in [7, 11) is 4.11. The number of methoxy groups -OCH3 is 3. The fourth-order valence-electron chi connectivity index (χ4n) is 1.60. The van der Waals surface area contributed by atoms with Crippen molar-refractivity contribution in [2.24, 2.45) is 0 Å².